The van der Waals surface area contributed by atoms with E-state index in [0.29, 0.717) is 5.56 Å². The summed E-state index contributed by atoms with van der Waals surface area (Å²) in [5, 5.41) is 12.3. The normalized spacial score (nSPS) is 10.4. The highest BCUT2D eigenvalue weighted by Gasteiger charge is 2.00. The van der Waals surface area contributed by atoms with E-state index in [-0.39, 0.29) is 0 Å². The lowest BCUT2D eigenvalue weighted by atomic mass is 10.1. The molecule has 23 heavy (non-hydrogen) atoms. The van der Waals surface area contributed by atoms with E-state index in [1.54, 1.807) is 0 Å². The molecule has 0 aliphatic carbocycles. The van der Waals surface area contributed by atoms with Crippen molar-refractivity contribution >= 4 is 23.5 Å². The molecule has 0 fully saturated rings. The zero-order chi connectivity index (χ0) is 15.9. The predicted molar refractivity (Wildman–Crippen MR) is 96.3 cm³/mol. The van der Waals surface area contributed by atoms with Gasteiger partial charge in [-0.15, -0.1) is 0 Å². The summed E-state index contributed by atoms with van der Waals surface area (Å²) in [6.45, 7) is 0. The molecule has 0 aliphatic rings. The lowest BCUT2D eigenvalue weighted by molar-refractivity contribution is 1.47. The SMILES string of the molecule is N#Cc1ccc(Nc2ccccc2/C=C/c2ccccc2)cc1. The molecule has 1 N–H and O–H groups in total. The second kappa shape index (κ2) is 7.11. The first-order valence-corrected chi connectivity index (χ1v) is 7.44. The Morgan fingerprint density at radius 2 is 1.43 bits per heavy atom. The van der Waals surface area contributed by atoms with Crippen LogP contribution in [0.1, 0.15) is 16.7 Å². The molecule has 2 heteroatoms. The third-order valence-corrected chi connectivity index (χ3v) is 3.51. The fraction of sp³-hybridized carbons (Fsp3) is 0. The fourth-order valence-electron chi connectivity index (χ4n) is 2.29. The molecule has 0 aliphatic heterocycles. The third kappa shape index (κ3) is 3.87. The molecule has 0 radical (unpaired) electrons. The summed E-state index contributed by atoms with van der Waals surface area (Å²) in [5.74, 6) is 0. The Bertz CT molecular complexity index is 841. The van der Waals surface area contributed by atoms with Crippen molar-refractivity contribution in [3.63, 3.8) is 0 Å². The van der Waals surface area contributed by atoms with E-state index in [2.05, 4.69) is 41.7 Å². The highest BCUT2D eigenvalue weighted by atomic mass is 14.9. The van der Waals surface area contributed by atoms with Crippen molar-refractivity contribution < 1.29 is 0 Å². The van der Waals surface area contributed by atoms with Gasteiger partial charge in [0, 0.05) is 11.4 Å². The van der Waals surface area contributed by atoms with Gasteiger partial charge in [0.15, 0.2) is 0 Å². The van der Waals surface area contributed by atoms with Crippen LogP contribution in [0.4, 0.5) is 11.4 Å². The zero-order valence-electron chi connectivity index (χ0n) is 12.6. The molecule has 0 unspecified atom stereocenters. The molecule has 3 aromatic rings. The van der Waals surface area contributed by atoms with Gasteiger partial charge in [-0.05, 0) is 41.5 Å². The van der Waals surface area contributed by atoms with E-state index in [4.69, 9.17) is 5.26 Å². The van der Waals surface area contributed by atoms with Crippen LogP contribution in [0.3, 0.4) is 0 Å². The number of para-hydroxylation sites is 1. The van der Waals surface area contributed by atoms with Gasteiger partial charge in [-0.3, -0.25) is 0 Å². The lowest BCUT2D eigenvalue weighted by Crippen LogP contribution is -1.92. The number of hydrogen-bond donors (Lipinski definition) is 1. The Kier molecular flexibility index (Phi) is 4.52. The first kappa shape index (κ1) is 14.6. The van der Waals surface area contributed by atoms with Crippen LogP contribution in [-0.4, -0.2) is 0 Å². The predicted octanol–water partition coefficient (Wildman–Crippen LogP) is 5.47. The maximum absolute atomic E-state index is 8.86. The molecule has 0 saturated heterocycles. The van der Waals surface area contributed by atoms with Crippen LogP contribution in [-0.2, 0) is 0 Å². The standard InChI is InChI=1S/C21H16N2/c22-16-18-11-14-20(15-12-18)23-21-9-5-4-8-19(21)13-10-17-6-2-1-3-7-17/h1-15,23H/b13-10+. The average molecular weight is 296 g/mol. The number of nitrogens with one attached hydrogen (secondary N) is 1. The summed E-state index contributed by atoms with van der Waals surface area (Å²) in [6, 6.07) is 27.9. The molecule has 3 aromatic carbocycles. The summed E-state index contributed by atoms with van der Waals surface area (Å²) >= 11 is 0. The van der Waals surface area contributed by atoms with Crippen molar-refractivity contribution in [1.82, 2.24) is 0 Å². The third-order valence-electron chi connectivity index (χ3n) is 3.51. The summed E-state index contributed by atoms with van der Waals surface area (Å²) in [4.78, 5) is 0. The molecule has 0 aromatic heterocycles. The molecular formula is C21H16N2. The minimum atomic E-state index is 0.660. The van der Waals surface area contributed by atoms with Crippen molar-refractivity contribution in [2.45, 2.75) is 0 Å². The minimum Gasteiger partial charge on any atom is -0.355 e. The maximum Gasteiger partial charge on any atom is 0.0991 e. The van der Waals surface area contributed by atoms with Crippen LogP contribution in [0, 0.1) is 11.3 Å². The monoisotopic (exact) mass is 296 g/mol. The minimum absolute atomic E-state index is 0.660. The Morgan fingerprint density at radius 1 is 0.739 bits per heavy atom. The second-order valence-corrected chi connectivity index (χ2v) is 5.15. The van der Waals surface area contributed by atoms with E-state index in [0.717, 1.165) is 16.9 Å². The molecule has 0 saturated carbocycles. The Morgan fingerprint density at radius 3 is 2.17 bits per heavy atom. The van der Waals surface area contributed by atoms with Crippen molar-refractivity contribution in [1.29, 1.82) is 5.26 Å². The Balaban J connectivity index is 1.83. The van der Waals surface area contributed by atoms with Crippen LogP contribution >= 0.6 is 0 Å². The molecule has 3 rings (SSSR count). The number of rotatable bonds is 4. The molecule has 0 heterocycles. The summed E-state index contributed by atoms with van der Waals surface area (Å²) in [7, 11) is 0. The number of hydrogen-bond acceptors (Lipinski definition) is 2. The van der Waals surface area contributed by atoms with Crippen LogP contribution in [0.2, 0.25) is 0 Å². The molecule has 0 bridgehead atoms. The molecule has 0 atom stereocenters. The van der Waals surface area contributed by atoms with Crippen LogP contribution in [0.25, 0.3) is 12.2 Å². The van der Waals surface area contributed by atoms with E-state index < -0.39 is 0 Å². The Labute approximate surface area is 136 Å². The van der Waals surface area contributed by atoms with Crippen LogP contribution in [0.5, 0.6) is 0 Å². The van der Waals surface area contributed by atoms with Gasteiger partial charge < -0.3 is 5.32 Å². The molecule has 0 amide bonds. The highest BCUT2D eigenvalue weighted by molar-refractivity contribution is 5.78. The summed E-state index contributed by atoms with van der Waals surface area (Å²) in [6.07, 6.45) is 4.20. The van der Waals surface area contributed by atoms with Crippen molar-refractivity contribution in [3.8, 4) is 6.07 Å². The number of nitriles is 1. The highest BCUT2D eigenvalue weighted by Crippen LogP contribution is 2.23. The molecule has 2 nitrogen and oxygen atoms in total. The van der Waals surface area contributed by atoms with Gasteiger partial charge in [0.2, 0.25) is 0 Å². The fourth-order valence-corrected chi connectivity index (χ4v) is 2.29. The van der Waals surface area contributed by atoms with Gasteiger partial charge in [-0.25, -0.2) is 0 Å². The van der Waals surface area contributed by atoms with Gasteiger partial charge >= 0.3 is 0 Å². The van der Waals surface area contributed by atoms with Gasteiger partial charge in [0.05, 0.1) is 11.6 Å². The van der Waals surface area contributed by atoms with E-state index >= 15 is 0 Å². The van der Waals surface area contributed by atoms with Crippen molar-refractivity contribution in [2.24, 2.45) is 0 Å². The van der Waals surface area contributed by atoms with Crippen molar-refractivity contribution in [3.05, 3.63) is 95.6 Å². The number of anilines is 2. The Hall–Kier alpha value is -3.31. The van der Waals surface area contributed by atoms with Gasteiger partial charge in [-0.2, -0.15) is 5.26 Å². The van der Waals surface area contributed by atoms with Gasteiger partial charge in [0.25, 0.3) is 0 Å². The van der Waals surface area contributed by atoms with Gasteiger partial charge in [-0.1, -0.05) is 60.7 Å². The first-order valence-electron chi connectivity index (χ1n) is 7.44. The number of benzene rings is 3. The summed E-state index contributed by atoms with van der Waals surface area (Å²) in [5.41, 5.74) is 4.93. The largest absolute Gasteiger partial charge is 0.355 e. The van der Waals surface area contributed by atoms with E-state index in [1.165, 1.54) is 5.56 Å². The molecule has 110 valence electrons. The maximum atomic E-state index is 8.86. The second-order valence-electron chi connectivity index (χ2n) is 5.15. The quantitative estimate of drug-likeness (QED) is 0.648. The van der Waals surface area contributed by atoms with E-state index in [1.807, 2.05) is 60.7 Å². The van der Waals surface area contributed by atoms with Crippen molar-refractivity contribution in [2.75, 3.05) is 5.32 Å². The topological polar surface area (TPSA) is 35.8 Å². The van der Waals surface area contributed by atoms with Crippen LogP contribution in [0.15, 0.2) is 78.9 Å². The zero-order valence-corrected chi connectivity index (χ0v) is 12.6. The smallest absolute Gasteiger partial charge is 0.0991 e. The van der Waals surface area contributed by atoms with E-state index in [9.17, 15) is 0 Å². The number of nitrogens with zero attached hydrogens (tertiary/aromatic N) is 1. The van der Waals surface area contributed by atoms with Crippen LogP contribution < -0.4 is 5.32 Å². The lowest BCUT2D eigenvalue weighted by Gasteiger charge is -2.09. The molecular weight excluding hydrogens is 280 g/mol. The van der Waals surface area contributed by atoms with Gasteiger partial charge in [0.1, 0.15) is 0 Å². The average Bonchev–Trinajstić information content (AvgIpc) is 2.62. The summed E-state index contributed by atoms with van der Waals surface area (Å²) < 4.78 is 0. The molecule has 0 spiro atoms. The first-order chi connectivity index (χ1) is 11.3.